The Bertz CT molecular complexity index is 2330. The van der Waals surface area contributed by atoms with Crippen molar-refractivity contribution in [1.82, 2.24) is 9.97 Å². The summed E-state index contributed by atoms with van der Waals surface area (Å²) in [6.07, 6.45) is 0. The van der Waals surface area contributed by atoms with Crippen LogP contribution in [0.1, 0.15) is 69.6 Å². The molecule has 51 heavy (non-hydrogen) atoms. The minimum absolute atomic E-state index is 0.158. The topological polar surface area (TPSA) is 38.2 Å². The van der Waals surface area contributed by atoms with Gasteiger partial charge in [-0.25, -0.2) is 4.98 Å². The molecule has 1 aliphatic carbocycles. The molecule has 2 aliphatic heterocycles. The Labute approximate surface area is 292 Å². The molecule has 4 heterocycles. The first-order chi connectivity index (χ1) is 23.5. The molecular formula is C37H30BF8N3OS. The lowest BCUT2D eigenvalue weighted by Gasteiger charge is -2.43. The van der Waals surface area contributed by atoms with E-state index < -0.39 is 41.5 Å². The number of aromatic nitrogens is 2. The molecule has 0 bridgehead atoms. The molecule has 0 amide bonds. The Morgan fingerprint density at radius 1 is 0.725 bits per heavy atom. The highest BCUT2D eigenvalue weighted by molar-refractivity contribution is 7.33. The van der Waals surface area contributed by atoms with Crippen LogP contribution in [0, 0.1) is 6.92 Å². The Morgan fingerprint density at radius 3 is 1.98 bits per heavy atom. The number of halogens is 8. The molecule has 0 N–H and O–H groups in total. The summed E-state index contributed by atoms with van der Waals surface area (Å²) in [5, 5.41) is 0.678. The lowest BCUT2D eigenvalue weighted by Crippen LogP contribution is -2.63. The number of thiophene rings is 1. The van der Waals surface area contributed by atoms with Gasteiger partial charge in [-0.15, -0.1) is 11.3 Å². The molecule has 3 aromatic carbocycles. The maximum absolute atomic E-state index is 15.5. The van der Waals surface area contributed by atoms with E-state index in [1.165, 1.54) is 16.2 Å². The molecule has 0 saturated carbocycles. The number of benzene rings is 3. The smallest absolute Gasteiger partial charge is 0.382 e. The van der Waals surface area contributed by atoms with Crippen molar-refractivity contribution < 1.29 is 39.9 Å². The van der Waals surface area contributed by atoms with Crippen molar-refractivity contribution in [3.8, 4) is 11.6 Å². The fourth-order valence-electron chi connectivity index (χ4n) is 7.20. The lowest BCUT2D eigenvalue weighted by molar-refractivity contribution is -0.386. The summed E-state index contributed by atoms with van der Waals surface area (Å²) in [6.45, 7) is 13.3. The third kappa shape index (κ3) is 4.37. The minimum Gasteiger partial charge on any atom is -0.440 e. The molecule has 2 aromatic heterocycles. The highest BCUT2D eigenvalue weighted by Crippen LogP contribution is 2.65. The predicted octanol–water partition coefficient (Wildman–Crippen LogP) is 9.47. The number of hydrogen-bond donors (Lipinski definition) is 0. The number of fused-ring (bicyclic) bond motifs is 7. The third-order valence-corrected chi connectivity index (χ3v) is 11.3. The fourth-order valence-corrected chi connectivity index (χ4v) is 8.50. The summed E-state index contributed by atoms with van der Waals surface area (Å²) in [7, 11) is 0. The van der Waals surface area contributed by atoms with E-state index in [0.717, 1.165) is 32.1 Å². The van der Waals surface area contributed by atoms with Crippen LogP contribution in [0.25, 0.3) is 10.1 Å². The van der Waals surface area contributed by atoms with Crippen molar-refractivity contribution in [2.24, 2.45) is 0 Å². The van der Waals surface area contributed by atoms with Gasteiger partial charge in [0, 0.05) is 37.1 Å². The second-order valence-corrected chi connectivity index (χ2v) is 16.6. The van der Waals surface area contributed by atoms with Gasteiger partial charge >= 0.3 is 23.7 Å². The Hall–Kier alpha value is -4.20. The first kappa shape index (κ1) is 33.9. The van der Waals surface area contributed by atoms with Gasteiger partial charge in [0.15, 0.2) is 0 Å². The van der Waals surface area contributed by atoms with Gasteiger partial charge in [-0.2, -0.15) is 40.1 Å². The van der Waals surface area contributed by atoms with E-state index in [9.17, 15) is 17.6 Å². The molecule has 4 nitrogen and oxygen atoms in total. The fraction of sp³-hybridized carbons (Fsp3) is 0.351. The monoisotopic (exact) mass is 727 g/mol. The summed E-state index contributed by atoms with van der Waals surface area (Å²) >= 11 is 1.43. The van der Waals surface area contributed by atoms with Gasteiger partial charge in [0.25, 0.3) is 6.71 Å². The summed E-state index contributed by atoms with van der Waals surface area (Å²) in [5.74, 6) is -22.9. The molecular weight excluding hydrogens is 697 g/mol. The molecule has 8 rings (SSSR count). The van der Waals surface area contributed by atoms with E-state index in [-0.39, 0.29) is 34.0 Å². The predicted molar refractivity (Wildman–Crippen MR) is 183 cm³/mol. The Morgan fingerprint density at radius 2 is 1.33 bits per heavy atom. The third-order valence-electron chi connectivity index (χ3n) is 10.1. The van der Waals surface area contributed by atoms with E-state index in [0.29, 0.717) is 34.4 Å². The molecule has 0 saturated heterocycles. The average molecular weight is 728 g/mol. The van der Waals surface area contributed by atoms with E-state index >= 15 is 17.6 Å². The molecule has 0 radical (unpaired) electrons. The van der Waals surface area contributed by atoms with Gasteiger partial charge in [-0.1, -0.05) is 65.8 Å². The van der Waals surface area contributed by atoms with Crippen molar-refractivity contribution >= 4 is 61.0 Å². The number of alkyl halides is 8. The van der Waals surface area contributed by atoms with Crippen molar-refractivity contribution in [2.75, 3.05) is 4.90 Å². The van der Waals surface area contributed by atoms with Crippen LogP contribution < -0.4 is 25.3 Å². The number of aryl methyl sites for hydroxylation is 1. The standard InChI is InChI=1S/C37H30BF8N3OS/c1-17-47-30-27-31(48-17)50-25-12-8-19(33(5,6)7)15-24(25)38(27)29-28(21-14-18(32(2,3)4)9-13-26(21)51-29)49(30)20-10-11-22-23(16-20)35(41,42)37(45,46)36(43,44)34(22,39)40/h8-16H,1-7H3. The largest absolute Gasteiger partial charge is 0.440 e. The van der Waals surface area contributed by atoms with Crippen LogP contribution in [-0.2, 0) is 22.7 Å². The highest BCUT2D eigenvalue weighted by atomic mass is 32.1. The molecule has 264 valence electrons. The molecule has 5 aromatic rings. The van der Waals surface area contributed by atoms with Crippen molar-refractivity contribution in [3.05, 3.63) is 82.7 Å². The summed E-state index contributed by atoms with van der Waals surface area (Å²) in [4.78, 5) is 10.7. The zero-order chi connectivity index (χ0) is 37.0. The average Bonchev–Trinajstić information content (AvgIpc) is 3.41. The van der Waals surface area contributed by atoms with Crippen LogP contribution in [0.15, 0.2) is 54.6 Å². The molecule has 3 aliphatic rings. The second kappa shape index (κ2) is 10.0. The van der Waals surface area contributed by atoms with E-state index in [4.69, 9.17) is 9.72 Å². The summed E-state index contributed by atoms with van der Waals surface area (Å²) in [6, 6.07) is 13.6. The Balaban J connectivity index is 1.47. The molecule has 0 unspecified atom stereocenters. The van der Waals surface area contributed by atoms with Gasteiger partial charge in [0.05, 0.1) is 5.69 Å². The van der Waals surface area contributed by atoms with Crippen LogP contribution in [0.4, 0.5) is 52.3 Å². The van der Waals surface area contributed by atoms with Crippen LogP contribution in [-0.4, -0.2) is 28.5 Å². The lowest BCUT2D eigenvalue weighted by atomic mass is 9.37. The van der Waals surface area contributed by atoms with Gasteiger partial charge < -0.3 is 4.74 Å². The van der Waals surface area contributed by atoms with Crippen molar-refractivity contribution in [3.63, 3.8) is 0 Å². The highest BCUT2D eigenvalue weighted by Gasteiger charge is 2.85. The number of hydrogen-bond acceptors (Lipinski definition) is 5. The minimum atomic E-state index is -6.39. The van der Waals surface area contributed by atoms with E-state index in [2.05, 4.69) is 25.8 Å². The maximum atomic E-state index is 15.5. The van der Waals surface area contributed by atoms with Crippen molar-refractivity contribution in [2.45, 2.75) is 83.0 Å². The summed E-state index contributed by atoms with van der Waals surface area (Å²) in [5.41, 5.74) is -0.916. The second-order valence-electron chi connectivity index (χ2n) is 15.5. The van der Waals surface area contributed by atoms with Crippen LogP contribution in [0.5, 0.6) is 11.6 Å². The number of rotatable bonds is 1. The van der Waals surface area contributed by atoms with Gasteiger partial charge in [-0.05, 0) is 64.7 Å². The number of ether oxygens (including phenoxy) is 1. The molecule has 0 fully saturated rings. The first-order valence-corrected chi connectivity index (χ1v) is 17.0. The SMILES string of the molecule is Cc1nc2c3c(n1)N(c1ccc4c(c1)C(F)(F)C(F)(F)C(F)(F)C4(F)F)c1c(sc4ccc(C(C)(C)C)cc14)B3c1cc(C(C)(C)C)ccc1O2. The molecule has 0 atom stereocenters. The van der Waals surface area contributed by atoms with Gasteiger partial charge in [0.1, 0.15) is 17.4 Å². The first-order valence-electron chi connectivity index (χ1n) is 16.2. The van der Waals surface area contributed by atoms with Crippen molar-refractivity contribution in [1.29, 1.82) is 0 Å². The quantitative estimate of drug-likeness (QED) is 0.125. The zero-order valence-corrected chi connectivity index (χ0v) is 29.3. The van der Waals surface area contributed by atoms with Gasteiger partial charge in [-0.3, -0.25) is 4.90 Å². The van der Waals surface area contributed by atoms with E-state index in [1.807, 2.05) is 57.2 Å². The normalized spacial score (nSPS) is 19.2. The van der Waals surface area contributed by atoms with E-state index in [1.54, 1.807) is 6.92 Å². The molecule has 0 spiro atoms. The van der Waals surface area contributed by atoms with Crippen LogP contribution >= 0.6 is 11.3 Å². The zero-order valence-electron chi connectivity index (χ0n) is 28.5. The summed E-state index contributed by atoms with van der Waals surface area (Å²) < 4.78 is 127. The number of anilines is 3. The van der Waals surface area contributed by atoms with Gasteiger partial charge in [0.2, 0.25) is 5.88 Å². The van der Waals surface area contributed by atoms with Crippen LogP contribution in [0.2, 0.25) is 0 Å². The van der Waals surface area contributed by atoms with Crippen LogP contribution in [0.3, 0.4) is 0 Å². The maximum Gasteiger partial charge on any atom is 0.382 e. The number of nitrogens with zero attached hydrogens (tertiary/aromatic N) is 3. The molecule has 14 heteroatoms. The Kier molecular flexibility index (Phi) is 6.66.